The van der Waals surface area contributed by atoms with Crippen LogP contribution in [0.1, 0.15) is 57.8 Å². The van der Waals surface area contributed by atoms with Gasteiger partial charge in [-0.25, -0.2) is 4.79 Å². The van der Waals surface area contributed by atoms with E-state index in [1.807, 2.05) is 13.8 Å². The Bertz CT molecular complexity index is 746. The molecule has 0 atom stereocenters. The SMILES string of the molecule is CCOC(=O)c1c(NC(=O)c2cc(CC(C)C)on2)sc(C)c1C. The van der Waals surface area contributed by atoms with Crippen molar-refractivity contribution in [1.29, 1.82) is 0 Å². The number of thiophene rings is 1. The van der Waals surface area contributed by atoms with Crippen LogP contribution in [0.4, 0.5) is 5.00 Å². The van der Waals surface area contributed by atoms with Crippen molar-refractivity contribution in [3.8, 4) is 0 Å². The Balaban J connectivity index is 2.21. The van der Waals surface area contributed by atoms with Crippen molar-refractivity contribution in [1.82, 2.24) is 5.16 Å². The summed E-state index contributed by atoms with van der Waals surface area (Å²) < 4.78 is 10.3. The second kappa shape index (κ2) is 7.61. The first-order valence-corrected chi connectivity index (χ1v) is 8.69. The molecule has 2 heterocycles. The number of aryl methyl sites for hydroxylation is 1. The van der Waals surface area contributed by atoms with E-state index in [-0.39, 0.29) is 12.3 Å². The van der Waals surface area contributed by atoms with E-state index < -0.39 is 11.9 Å². The maximum atomic E-state index is 12.4. The predicted molar refractivity (Wildman–Crippen MR) is 92.7 cm³/mol. The molecule has 0 aliphatic rings. The van der Waals surface area contributed by atoms with Crippen LogP contribution < -0.4 is 5.32 Å². The summed E-state index contributed by atoms with van der Waals surface area (Å²) >= 11 is 1.34. The second-order valence-corrected chi connectivity index (χ2v) is 7.16. The van der Waals surface area contributed by atoms with Gasteiger partial charge in [-0.2, -0.15) is 0 Å². The van der Waals surface area contributed by atoms with Crippen molar-refractivity contribution in [2.24, 2.45) is 5.92 Å². The molecule has 0 unspecified atom stereocenters. The van der Waals surface area contributed by atoms with Crippen LogP contribution in [0.25, 0.3) is 0 Å². The fraction of sp³-hybridized carbons (Fsp3) is 0.471. The van der Waals surface area contributed by atoms with Gasteiger partial charge in [0.2, 0.25) is 0 Å². The standard InChI is InChI=1S/C17H22N2O4S/c1-6-22-17(21)14-10(4)11(5)24-16(14)18-15(20)13-8-12(23-19-13)7-9(2)3/h8-9H,6-7H2,1-5H3,(H,18,20). The maximum Gasteiger partial charge on any atom is 0.341 e. The monoisotopic (exact) mass is 350 g/mol. The van der Waals surface area contributed by atoms with Crippen molar-refractivity contribution in [2.75, 3.05) is 11.9 Å². The number of hydrogen-bond acceptors (Lipinski definition) is 6. The van der Waals surface area contributed by atoms with Crippen LogP contribution in [0, 0.1) is 19.8 Å². The number of carbonyl (C=O) groups is 2. The Morgan fingerprint density at radius 2 is 2.08 bits per heavy atom. The summed E-state index contributed by atoms with van der Waals surface area (Å²) in [6.07, 6.45) is 0.714. The lowest BCUT2D eigenvalue weighted by Crippen LogP contribution is -2.15. The highest BCUT2D eigenvalue weighted by atomic mass is 32.1. The average Bonchev–Trinajstić information content (AvgIpc) is 3.04. The molecule has 130 valence electrons. The number of amides is 1. The lowest BCUT2D eigenvalue weighted by Gasteiger charge is -2.05. The zero-order chi connectivity index (χ0) is 17.9. The summed E-state index contributed by atoms with van der Waals surface area (Å²) in [4.78, 5) is 25.5. The number of anilines is 1. The zero-order valence-corrected chi connectivity index (χ0v) is 15.4. The van der Waals surface area contributed by atoms with Crippen molar-refractivity contribution < 1.29 is 18.8 Å². The molecule has 0 saturated carbocycles. The van der Waals surface area contributed by atoms with Crippen LogP contribution in [0.5, 0.6) is 0 Å². The van der Waals surface area contributed by atoms with Gasteiger partial charge in [0.05, 0.1) is 12.2 Å². The molecule has 2 rings (SSSR count). The van der Waals surface area contributed by atoms with Gasteiger partial charge in [-0.3, -0.25) is 4.79 Å². The summed E-state index contributed by atoms with van der Waals surface area (Å²) in [5.74, 6) is 0.238. The van der Waals surface area contributed by atoms with E-state index in [4.69, 9.17) is 9.26 Å². The third-order valence-corrected chi connectivity index (χ3v) is 4.62. The highest BCUT2D eigenvalue weighted by Crippen LogP contribution is 2.33. The first-order chi connectivity index (χ1) is 11.3. The minimum atomic E-state index is -0.435. The van der Waals surface area contributed by atoms with Gasteiger partial charge in [0, 0.05) is 17.4 Å². The predicted octanol–water partition coefficient (Wildman–Crippen LogP) is 3.98. The molecule has 2 aromatic heterocycles. The molecule has 0 aliphatic heterocycles. The van der Waals surface area contributed by atoms with E-state index in [9.17, 15) is 9.59 Å². The minimum Gasteiger partial charge on any atom is -0.462 e. The number of ether oxygens (including phenoxy) is 1. The smallest absolute Gasteiger partial charge is 0.341 e. The van der Waals surface area contributed by atoms with Crippen LogP contribution in [-0.4, -0.2) is 23.6 Å². The molecule has 7 heteroatoms. The topological polar surface area (TPSA) is 81.4 Å². The normalized spacial score (nSPS) is 10.9. The Kier molecular flexibility index (Phi) is 5.77. The molecular formula is C17H22N2O4S. The molecule has 0 aliphatic carbocycles. The molecule has 2 aromatic rings. The molecular weight excluding hydrogens is 328 g/mol. The van der Waals surface area contributed by atoms with Crippen molar-refractivity contribution in [3.05, 3.63) is 33.5 Å². The third kappa shape index (κ3) is 4.03. The fourth-order valence-corrected chi connectivity index (χ4v) is 3.29. The minimum absolute atomic E-state index is 0.198. The van der Waals surface area contributed by atoms with E-state index in [1.54, 1.807) is 13.0 Å². The van der Waals surface area contributed by atoms with E-state index in [1.165, 1.54) is 11.3 Å². The van der Waals surface area contributed by atoms with Crippen molar-refractivity contribution >= 4 is 28.2 Å². The molecule has 0 aromatic carbocycles. The van der Waals surface area contributed by atoms with Gasteiger partial charge in [0.15, 0.2) is 5.69 Å². The van der Waals surface area contributed by atoms with Crippen LogP contribution in [-0.2, 0) is 11.2 Å². The van der Waals surface area contributed by atoms with Gasteiger partial charge < -0.3 is 14.6 Å². The van der Waals surface area contributed by atoms with Crippen LogP contribution in [0.3, 0.4) is 0 Å². The summed E-state index contributed by atoms with van der Waals surface area (Å²) in [5.41, 5.74) is 1.41. The number of nitrogens with zero attached hydrogens (tertiary/aromatic N) is 1. The van der Waals surface area contributed by atoms with Crippen molar-refractivity contribution in [2.45, 2.75) is 41.0 Å². The van der Waals surface area contributed by atoms with Gasteiger partial charge in [-0.1, -0.05) is 19.0 Å². The molecule has 1 amide bonds. The summed E-state index contributed by atoms with van der Waals surface area (Å²) in [6.45, 7) is 9.88. The Morgan fingerprint density at radius 3 is 2.71 bits per heavy atom. The van der Waals surface area contributed by atoms with E-state index in [0.717, 1.165) is 10.4 Å². The van der Waals surface area contributed by atoms with E-state index in [0.29, 0.717) is 28.7 Å². The first-order valence-electron chi connectivity index (χ1n) is 7.87. The molecule has 0 radical (unpaired) electrons. The highest BCUT2D eigenvalue weighted by Gasteiger charge is 2.23. The van der Waals surface area contributed by atoms with E-state index >= 15 is 0 Å². The number of carbonyl (C=O) groups excluding carboxylic acids is 2. The lowest BCUT2D eigenvalue weighted by molar-refractivity contribution is 0.0527. The summed E-state index contributed by atoms with van der Waals surface area (Å²) in [6, 6.07) is 1.63. The van der Waals surface area contributed by atoms with Gasteiger partial charge in [-0.05, 0) is 32.3 Å². The number of rotatable bonds is 6. The van der Waals surface area contributed by atoms with Crippen LogP contribution in [0.2, 0.25) is 0 Å². The van der Waals surface area contributed by atoms with Gasteiger partial charge >= 0.3 is 5.97 Å². The molecule has 0 fully saturated rings. The molecule has 6 nitrogen and oxygen atoms in total. The molecule has 0 saturated heterocycles. The van der Waals surface area contributed by atoms with Crippen LogP contribution >= 0.6 is 11.3 Å². The number of aromatic nitrogens is 1. The number of nitrogens with one attached hydrogen (secondary N) is 1. The van der Waals surface area contributed by atoms with Gasteiger partial charge in [0.1, 0.15) is 10.8 Å². The molecule has 1 N–H and O–H groups in total. The van der Waals surface area contributed by atoms with Crippen molar-refractivity contribution in [3.63, 3.8) is 0 Å². The fourth-order valence-electron chi connectivity index (χ4n) is 2.25. The lowest BCUT2D eigenvalue weighted by atomic mass is 10.1. The molecule has 24 heavy (non-hydrogen) atoms. The summed E-state index contributed by atoms with van der Waals surface area (Å²) in [5, 5.41) is 7.03. The van der Waals surface area contributed by atoms with Gasteiger partial charge in [-0.15, -0.1) is 11.3 Å². The Hall–Kier alpha value is -2.15. The zero-order valence-electron chi connectivity index (χ0n) is 14.6. The average molecular weight is 350 g/mol. The summed E-state index contributed by atoms with van der Waals surface area (Å²) in [7, 11) is 0. The van der Waals surface area contributed by atoms with Crippen LogP contribution in [0.15, 0.2) is 10.6 Å². The quantitative estimate of drug-likeness (QED) is 0.797. The van der Waals surface area contributed by atoms with E-state index in [2.05, 4.69) is 24.3 Å². The number of esters is 1. The third-order valence-electron chi connectivity index (χ3n) is 3.49. The molecule has 0 bridgehead atoms. The molecule has 0 spiro atoms. The maximum absolute atomic E-state index is 12.4. The largest absolute Gasteiger partial charge is 0.462 e. The highest BCUT2D eigenvalue weighted by molar-refractivity contribution is 7.16. The second-order valence-electron chi connectivity index (χ2n) is 5.94. The first kappa shape index (κ1) is 18.2. The van der Waals surface area contributed by atoms with Gasteiger partial charge in [0.25, 0.3) is 5.91 Å². The Labute approximate surface area is 145 Å². The number of hydrogen-bond donors (Lipinski definition) is 1. The Morgan fingerprint density at radius 1 is 1.38 bits per heavy atom.